The van der Waals surface area contributed by atoms with E-state index >= 15 is 0 Å². The zero-order valence-corrected chi connectivity index (χ0v) is 15.2. The van der Waals surface area contributed by atoms with E-state index in [0.717, 1.165) is 42.9 Å². The van der Waals surface area contributed by atoms with Crippen LogP contribution in [0.3, 0.4) is 0 Å². The number of carbonyl (C=O) groups is 1. The van der Waals surface area contributed by atoms with Crippen molar-refractivity contribution in [3.8, 4) is 0 Å². The third kappa shape index (κ3) is 2.19. The molecule has 8 atom stereocenters. The standard InChI is InChI=1S/C21H34O2/c1-13(22)14-8-10-20(2)15(12-14)4-5-16-17-6-7-19(23)21(17,3)11-9-18(16)20/h14-19,23H,4-12H2,1-3H3/t14-,15+,16+,17+,18+,19+,20+,21+/m1/s1. The van der Waals surface area contributed by atoms with Gasteiger partial charge in [-0.05, 0) is 99.2 Å². The molecule has 0 spiro atoms. The van der Waals surface area contributed by atoms with Crippen molar-refractivity contribution in [2.75, 3.05) is 0 Å². The fraction of sp³-hybridized carbons (Fsp3) is 0.952. The maximum atomic E-state index is 11.9. The molecule has 4 saturated carbocycles. The second-order valence-corrected chi connectivity index (χ2v) is 9.88. The first kappa shape index (κ1) is 16.1. The number of fused-ring (bicyclic) bond motifs is 5. The highest BCUT2D eigenvalue weighted by molar-refractivity contribution is 5.78. The highest BCUT2D eigenvalue weighted by Crippen LogP contribution is 2.66. The molecule has 0 aliphatic heterocycles. The summed E-state index contributed by atoms with van der Waals surface area (Å²) in [5, 5.41) is 10.5. The molecular weight excluding hydrogens is 284 g/mol. The van der Waals surface area contributed by atoms with Crippen LogP contribution in [0.25, 0.3) is 0 Å². The average molecular weight is 319 g/mol. The lowest BCUT2D eigenvalue weighted by Crippen LogP contribution is -2.54. The van der Waals surface area contributed by atoms with Gasteiger partial charge >= 0.3 is 0 Å². The smallest absolute Gasteiger partial charge is 0.132 e. The van der Waals surface area contributed by atoms with Gasteiger partial charge in [0.25, 0.3) is 0 Å². The van der Waals surface area contributed by atoms with Crippen LogP contribution in [0.5, 0.6) is 0 Å². The third-order valence-electron chi connectivity index (χ3n) is 9.19. The number of aliphatic hydroxyl groups is 1. The first-order valence-corrected chi connectivity index (χ1v) is 10.0. The molecule has 2 nitrogen and oxygen atoms in total. The summed E-state index contributed by atoms with van der Waals surface area (Å²) in [5.74, 6) is 3.95. The molecule has 0 heterocycles. The molecule has 4 fully saturated rings. The van der Waals surface area contributed by atoms with E-state index in [1.807, 2.05) is 0 Å². The van der Waals surface area contributed by atoms with Crippen molar-refractivity contribution < 1.29 is 9.90 Å². The van der Waals surface area contributed by atoms with Gasteiger partial charge in [0.1, 0.15) is 5.78 Å². The molecule has 1 N–H and O–H groups in total. The van der Waals surface area contributed by atoms with Crippen molar-refractivity contribution >= 4 is 5.78 Å². The molecule has 4 aliphatic carbocycles. The molecular formula is C21H34O2. The summed E-state index contributed by atoms with van der Waals surface area (Å²) >= 11 is 0. The molecule has 4 rings (SSSR count). The van der Waals surface area contributed by atoms with E-state index in [1.54, 1.807) is 6.92 Å². The number of hydrogen-bond donors (Lipinski definition) is 1. The van der Waals surface area contributed by atoms with Crippen LogP contribution in [0.2, 0.25) is 0 Å². The van der Waals surface area contributed by atoms with Crippen LogP contribution in [-0.2, 0) is 4.79 Å². The Morgan fingerprint density at radius 3 is 2.35 bits per heavy atom. The first-order chi connectivity index (χ1) is 10.9. The minimum Gasteiger partial charge on any atom is -0.393 e. The predicted octanol–water partition coefficient (Wildman–Crippen LogP) is 4.60. The van der Waals surface area contributed by atoms with Gasteiger partial charge in [0, 0.05) is 5.92 Å². The van der Waals surface area contributed by atoms with E-state index < -0.39 is 0 Å². The Morgan fingerprint density at radius 1 is 0.913 bits per heavy atom. The first-order valence-electron chi connectivity index (χ1n) is 10.0. The number of hydrogen-bond acceptors (Lipinski definition) is 2. The molecule has 23 heavy (non-hydrogen) atoms. The quantitative estimate of drug-likeness (QED) is 0.767. The Hall–Kier alpha value is -0.370. The van der Waals surface area contributed by atoms with Crippen LogP contribution in [0, 0.1) is 40.4 Å². The van der Waals surface area contributed by atoms with Gasteiger partial charge in [0.15, 0.2) is 0 Å². The maximum Gasteiger partial charge on any atom is 0.132 e. The summed E-state index contributed by atoms with van der Waals surface area (Å²) in [4.78, 5) is 11.9. The molecule has 2 heteroatoms. The predicted molar refractivity (Wildman–Crippen MR) is 91.9 cm³/mol. The second-order valence-electron chi connectivity index (χ2n) is 9.88. The minimum absolute atomic E-state index is 0.0626. The number of Topliss-reactive ketones (excluding diaryl/α,β-unsaturated/α-hetero) is 1. The molecule has 0 radical (unpaired) electrons. The summed E-state index contributed by atoms with van der Waals surface area (Å²) in [5.41, 5.74) is 0.657. The van der Waals surface area contributed by atoms with E-state index in [1.165, 1.54) is 38.5 Å². The molecule has 0 aromatic carbocycles. The highest BCUT2D eigenvalue weighted by atomic mass is 16.3. The van der Waals surface area contributed by atoms with Crippen LogP contribution < -0.4 is 0 Å². The molecule has 130 valence electrons. The zero-order valence-electron chi connectivity index (χ0n) is 15.2. The van der Waals surface area contributed by atoms with Gasteiger partial charge in [-0.25, -0.2) is 0 Å². The number of ketones is 1. The monoisotopic (exact) mass is 318 g/mol. The Balaban J connectivity index is 1.58. The SMILES string of the molecule is CC(=O)[C@@H]1CC[C@@]2(C)[C@@H](CC[C@@H]3[C@@H]2CC[C@]2(C)[C@@H](O)CC[C@@H]32)C1. The van der Waals surface area contributed by atoms with Gasteiger partial charge in [0.2, 0.25) is 0 Å². The summed E-state index contributed by atoms with van der Waals surface area (Å²) in [6, 6.07) is 0. The minimum atomic E-state index is -0.0626. The molecule has 0 saturated heterocycles. The van der Waals surface area contributed by atoms with Crippen molar-refractivity contribution in [1.29, 1.82) is 0 Å². The van der Waals surface area contributed by atoms with Crippen molar-refractivity contribution in [2.24, 2.45) is 40.4 Å². The van der Waals surface area contributed by atoms with Crippen LogP contribution >= 0.6 is 0 Å². The van der Waals surface area contributed by atoms with Gasteiger partial charge in [-0.2, -0.15) is 0 Å². The lowest BCUT2D eigenvalue weighted by atomic mass is 9.44. The lowest BCUT2D eigenvalue weighted by Gasteiger charge is -2.60. The molecule has 0 unspecified atom stereocenters. The molecule has 0 bridgehead atoms. The zero-order chi connectivity index (χ0) is 16.4. The van der Waals surface area contributed by atoms with Gasteiger partial charge in [0.05, 0.1) is 6.10 Å². The normalized spacial score (nSPS) is 55.7. The van der Waals surface area contributed by atoms with E-state index in [4.69, 9.17) is 0 Å². The van der Waals surface area contributed by atoms with Crippen LogP contribution in [0.4, 0.5) is 0 Å². The topological polar surface area (TPSA) is 37.3 Å². The average Bonchev–Trinajstić information content (AvgIpc) is 2.82. The van der Waals surface area contributed by atoms with E-state index in [9.17, 15) is 9.90 Å². The van der Waals surface area contributed by atoms with Crippen molar-refractivity contribution in [1.82, 2.24) is 0 Å². The van der Waals surface area contributed by atoms with Crippen molar-refractivity contribution in [3.63, 3.8) is 0 Å². The Labute approximate surface area is 141 Å². The van der Waals surface area contributed by atoms with E-state index in [0.29, 0.717) is 17.1 Å². The van der Waals surface area contributed by atoms with Crippen LogP contribution in [0.1, 0.15) is 78.6 Å². The number of aliphatic hydroxyl groups excluding tert-OH is 1. The molecule has 0 aromatic heterocycles. The summed E-state index contributed by atoms with van der Waals surface area (Å²) < 4.78 is 0. The Morgan fingerprint density at radius 2 is 1.61 bits per heavy atom. The Bertz CT molecular complexity index is 500. The maximum absolute atomic E-state index is 11.9. The summed E-state index contributed by atoms with van der Waals surface area (Å²) in [6.07, 6.45) is 10.9. The van der Waals surface area contributed by atoms with E-state index in [-0.39, 0.29) is 11.5 Å². The van der Waals surface area contributed by atoms with Crippen LogP contribution in [0.15, 0.2) is 0 Å². The van der Waals surface area contributed by atoms with Gasteiger partial charge in [-0.3, -0.25) is 4.79 Å². The molecule has 0 aromatic rings. The highest BCUT2D eigenvalue weighted by Gasteiger charge is 2.60. The summed E-state index contributed by atoms with van der Waals surface area (Å²) in [6.45, 7) is 6.72. The van der Waals surface area contributed by atoms with Gasteiger partial charge < -0.3 is 5.11 Å². The van der Waals surface area contributed by atoms with Crippen molar-refractivity contribution in [2.45, 2.75) is 84.7 Å². The number of rotatable bonds is 1. The fourth-order valence-electron chi connectivity index (χ4n) is 7.60. The van der Waals surface area contributed by atoms with Gasteiger partial charge in [-0.1, -0.05) is 13.8 Å². The molecule has 0 amide bonds. The van der Waals surface area contributed by atoms with Crippen molar-refractivity contribution in [3.05, 3.63) is 0 Å². The largest absolute Gasteiger partial charge is 0.393 e. The fourth-order valence-corrected chi connectivity index (χ4v) is 7.60. The Kier molecular flexibility index (Phi) is 3.72. The summed E-state index contributed by atoms with van der Waals surface area (Å²) in [7, 11) is 0. The van der Waals surface area contributed by atoms with Crippen LogP contribution in [-0.4, -0.2) is 17.0 Å². The lowest BCUT2D eigenvalue weighted by molar-refractivity contribution is -0.138. The van der Waals surface area contributed by atoms with Gasteiger partial charge in [-0.15, -0.1) is 0 Å². The molecule has 4 aliphatic rings. The van der Waals surface area contributed by atoms with E-state index in [2.05, 4.69) is 13.8 Å². The second kappa shape index (κ2) is 5.31. The number of carbonyl (C=O) groups excluding carboxylic acids is 1. The third-order valence-corrected chi connectivity index (χ3v) is 9.19.